The number of benzene rings is 1. The van der Waals surface area contributed by atoms with E-state index in [1.165, 1.54) is 0 Å². The summed E-state index contributed by atoms with van der Waals surface area (Å²) in [5.74, 6) is 1.21. The van der Waals surface area contributed by atoms with Crippen molar-refractivity contribution in [2.24, 2.45) is 0 Å². The molecule has 122 valence electrons. The van der Waals surface area contributed by atoms with Crippen molar-refractivity contribution >= 4 is 29.1 Å². The predicted octanol–water partition coefficient (Wildman–Crippen LogP) is 3.21. The maximum Gasteiger partial charge on any atom is 0.256 e. The minimum atomic E-state index is -1.09. The molecular weight excluding hydrogens is 341 g/mol. The summed E-state index contributed by atoms with van der Waals surface area (Å²) in [6.07, 6.45) is 1.58. The van der Waals surface area contributed by atoms with Crippen LogP contribution < -0.4 is 4.74 Å². The lowest BCUT2D eigenvalue weighted by Crippen LogP contribution is -2.34. The molecule has 1 unspecified atom stereocenters. The highest BCUT2D eigenvalue weighted by atomic mass is 35.5. The van der Waals surface area contributed by atoms with Gasteiger partial charge in [-0.2, -0.15) is 4.98 Å². The summed E-state index contributed by atoms with van der Waals surface area (Å²) < 4.78 is 10.5. The van der Waals surface area contributed by atoms with Crippen molar-refractivity contribution in [3.05, 3.63) is 30.2 Å². The second-order valence-corrected chi connectivity index (χ2v) is 6.27. The molecule has 1 atom stereocenters. The van der Waals surface area contributed by atoms with Crippen molar-refractivity contribution in [1.82, 2.24) is 15.0 Å². The smallest absolute Gasteiger partial charge is 0.256 e. The van der Waals surface area contributed by atoms with Crippen molar-refractivity contribution in [3.63, 3.8) is 0 Å². The van der Waals surface area contributed by atoms with Crippen LogP contribution in [0, 0.1) is 0 Å². The van der Waals surface area contributed by atoms with Crippen LogP contribution in [0.3, 0.4) is 0 Å². The molecule has 0 N–H and O–H groups in total. The molecule has 0 aliphatic carbocycles. The summed E-state index contributed by atoms with van der Waals surface area (Å²) in [7, 11) is 1.59. The normalized spacial score (nSPS) is 17.7. The van der Waals surface area contributed by atoms with E-state index in [2.05, 4.69) is 10.1 Å². The fourth-order valence-corrected chi connectivity index (χ4v) is 2.91. The van der Waals surface area contributed by atoms with E-state index in [-0.39, 0.29) is 11.9 Å². The number of alkyl halides is 2. The summed E-state index contributed by atoms with van der Waals surface area (Å²) in [6, 6.07) is 7.08. The molecule has 1 aliphatic heterocycles. The van der Waals surface area contributed by atoms with Gasteiger partial charge in [0, 0.05) is 12.1 Å². The van der Waals surface area contributed by atoms with Crippen molar-refractivity contribution in [2.75, 3.05) is 13.7 Å². The Bertz CT molecular complexity index is 705. The second-order valence-electron chi connectivity index (χ2n) is 5.18. The number of hydrogen-bond donors (Lipinski definition) is 0. The molecule has 1 aliphatic rings. The molecule has 1 aromatic heterocycles. The Kier molecular flexibility index (Phi) is 4.73. The first-order valence-electron chi connectivity index (χ1n) is 7.17. The minimum Gasteiger partial charge on any atom is -0.497 e. The Hall–Kier alpha value is -1.79. The number of hydrogen-bond acceptors (Lipinski definition) is 5. The van der Waals surface area contributed by atoms with Gasteiger partial charge in [-0.05, 0) is 25.0 Å². The van der Waals surface area contributed by atoms with E-state index in [9.17, 15) is 4.79 Å². The fraction of sp³-hybridized carbons (Fsp3) is 0.400. The number of methoxy groups -OCH3 is 1. The van der Waals surface area contributed by atoms with Crippen LogP contribution in [-0.2, 0) is 4.79 Å². The summed E-state index contributed by atoms with van der Waals surface area (Å²) in [5.41, 5.74) is 0.780. The van der Waals surface area contributed by atoms with Gasteiger partial charge < -0.3 is 14.2 Å². The fourth-order valence-electron chi connectivity index (χ4n) is 2.66. The van der Waals surface area contributed by atoms with Crippen LogP contribution in [0.5, 0.6) is 5.75 Å². The van der Waals surface area contributed by atoms with Gasteiger partial charge in [0.05, 0.1) is 7.11 Å². The van der Waals surface area contributed by atoms with Gasteiger partial charge in [0.1, 0.15) is 11.8 Å². The number of ether oxygens (including phenoxy) is 1. The molecule has 0 bridgehead atoms. The van der Waals surface area contributed by atoms with Crippen LogP contribution in [0.1, 0.15) is 24.8 Å². The second kappa shape index (κ2) is 6.76. The number of likely N-dealkylation sites (tertiary alicyclic amines) is 1. The van der Waals surface area contributed by atoms with Crippen LogP contribution >= 0.6 is 23.2 Å². The molecule has 0 spiro atoms. The molecule has 23 heavy (non-hydrogen) atoms. The van der Waals surface area contributed by atoms with Gasteiger partial charge in [0.25, 0.3) is 5.91 Å². The maximum atomic E-state index is 12.0. The summed E-state index contributed by atoms with van der Waals surface area (Å²) in [4.78, 5) is 17.0. The van der Waals surface area contributed by atoms with Gasteiger partial charge in [-0.15, -0.1) is 0 Å². The van der Waals surface area contributed by atoms with Crippen LogP contribution in [0.15, 0.2) is 28.8 Å². The highest BCUT2D eigenvalue weighted by Crippen LogP contribution is 2.33. The van der Waals surface area contributed by atoms with E-state index < -0.39 is 4.84 Å². The lowest BCUT2D eigenvalue weighted by atomic mass is 10.2. The Balaban J connectivity index is 1.85. The van der Waals surface area contributed by atoms with E-state index in [0.29, 0.717) is 24.0 Å². The first-order chi connectivity index (χ1) is 11.1. The summed E-state index contributed by atoms with van der Waals surface area (Å²) in [5, 5.41) is 4.00. The lowest BCUT2D eigenvalue weighted by Gasteiger charge is -2.22. The average Bonchev–Trinajstić information content (AvgIpc) is 3.22. The molecule has 0 saturated carbocycles. The molecular formula is C15H15Cl2N3O3. The monoisotopic (exact) mass is 355 g/mol. The third kappa shape index (κ3) is 3.28. The standard InChI is InChI=1S/C15H15Cl2N3O3/c1-22-10-5-2-4-9(8-10)13-18-14(23-19-13)11-6-3-7-20(11)15(21)12(16)17/h2,4-5,8,11-12H,3,6-7H2,1H3. The van der Waals surface area contributed by atoms with Gasteiger partial charge in [0.2, 0.25) is 11.7 Å². The molecule has 2 aromatic rings. The van der Waals surface area contributed by atoms with Crippen LogP contribution in [0.2, 0.25) is 0 Å². The first-order valence-corrected chi connectivity index (χ1v) is 8.04. The van der Waals surface area contributed by atoms with Crippen molar-refractivity contribution < 1.29 is 14.1 Å². The minimum absolute atomic E-state index is 0.283. The zero-order valence-electron chi connectivity index (χ0n) is 12.4. The first kappa shape index (κ1) is 16.1. The van der Waals surface area contributed by atoms with Gasteiger partial charge in [0.15, 0.2) is 4.84 Å². The molecule has 8 heteroatoms. The number of carbonyl (C=O) groups is 1. The zero-order chi connectivity index (χ0) is 16.4. The average molecular weight is 356 g/mol. The third-order valence-corrected chi connectivity index (χ3v) is 4.15. The van der Waals surface area contributed by atoms with E-state index in [1.807, 2.05) is 24.3 Å². The topological polar surface area (TPSA) is 68.5 Å². The van der Waals surface area contributed by atoms with Crippen molar-refractivity contribution in [1.29, 1.82) is 0 Å². The zero-order valence-corrected chi connectivity index (χ0v) is 13.9. The van der Waals surface area contributed by atoms with E-state index in [4.69, 9.17) is 32.5 Å². The SMILES string of the molecule is COc1cccc(-c2noc(C3CCCN3C(=O)C(Cl)Cl)n2)c1. The van der Waals surface area contributed by atoms with Crippen LogP contribution in [-0.4, -0.2) is 39.4 Å². The van der Waals surface area contributed by atoms with Crippen LogP contribution in [0.4, 0.5) is 0 Å². The largest absolute Gasteiger partial charge is 0.497 e. The van der Waals surface area contributed by atoms with E-state index >= 15 is 0 Å². The van der Waals surface area contributed by atoms with Gasteiger partial charge >= 0.3 is 0 Å². The number of aromatic nitrogens is 2. The predicted molar refractivity (Wildman–Crippen MR) is 85.5 cm³/mol. The number of carbonyl (C=O) groups excluding carboxylic acids is 1. The van der Waals surface area contributed by atoms with E-state index in [1.54, 1.807) is 12.0 Å². The number of amides is 1. The van der Waals surface area contributed by atoms with Gasteiger partial charge in [-0.25, -0.2) is 0 Å². The summed E-state index contributed by atoms with van der Waals surface area (Å²) >= 11 is 11.4. The third-order valence-electron chi connectivity index (χ3n) is 3.78. The van der Waals surface area contributed by atoms with Gasteiger partial charge in [-0.1, -0.05) is 40.5 Å². The lowest BCUT2D eigenvalue weighted by molar-refractivity contribution is -0.130. The molecule has 6 nitrogen and oxygen atoms in total. The molecule has 0 radical (unpaired) electrons. The number of nitrogens with zero attached hydrogens (tertiary/aromatic N) is 3. The van der Waals surface area contributed by atoms with Crippen molar-refractivity contribution in [3.8, 4) is 17.1 Å². The molecule has 1 fully saturated rings. The Morgan fingerprint density at radius 3 is 3.04 bits per heavy atom. The van der Waals surface area contributed by atoms with E-state index in [0.717, 1.165) is 18.4 Å². The highest BCUT2D eigenvalue weighted by Gasteiger charge is 2.36. The summed E-state index contributed by atoms with van der Waals surface area (Å²) in [6.45, 7) is 0.580. The van der Waals surface area contributed by atoms with Crippen LogP contribution in [0.25, 0.3) is 11.4 Å². The molecule has 1 saturated heterocycles. The van der Waals surface area contributed by atoms with Crippen molar-refractivity contribution in [2.45, 2.75) is 23.7 Å². The number of rotatable bonds is 4. The molecule has 1 aromatic carbocycles. The Labute approximate surface area is 143 Å². The quantitative estimate of drug-likeness (QED) is 0.787. The highest BCUT2D eigenvalue weighted by molar-refractivity contribution is 6.53. The molecule has 1 amide bonds. The number of halogens is 2. The Morgan fingerprint density at radius 1 is 1.48 bits per heavy atom. The van der Waals surface area contributed by atoms with Gasteiger partial charge in [-0.3, -0.25) is 4.79 Å². The molecule has 3 rings (SSSR count). The molecule has 2 heterocycles. The maximum absolute atomic E-state index is 12.0. The Morgan fingerprint density at radius 2 is 2.30 bits per heavy atom.